The monoisotopic (exact) mass is 323 g/mol. The average molecular weight is 324 g/mol. The fourth-order valence-electron chi connectivity index (χ4n) is 2.55. The first-order valence-corrected chi connectivity index (χ1v) is 7.86. The Hall–Kier alpha value is -1.59. The van der Waals surface area contributed by atoms with E-state index in [9.17, 15) is 9.59 Å². The molecule has 1 fully saturated rings. The van der Waals surface area contributed by atoms with Gasteiger partial charge in [0, 0.05) is 38.1 Å². The lowest BCUT2D eigenvalue weighted by Crippen LogP contribution is -2.50. The maximum absolute atomic E-state index is 12.1. The Morgan fingerprint density at radius 1 is 1.18 bits per heavy atom. The minimum absolute atomic E-state index is 0.00118. The van der Waals surface area contributed by atoms with Crippen LogP contribution in [0.2, 0.25) is 5.02 Å². The number of nitrogens with one attached hydrogen (secondary N) is 1. The molecule has 0 radical (unpaired) electrons. The summed E-state index contributed by atoms with van der Waals surface area (Å²) in [6.45, 7) is 6.75. The van der Waals surface area contributed by atoms with Gasteiger partial charge in [-0.2, -0.15) is 0 Å². The van der Waals surface area contributed by atoms with Crippen molar-refractivity contribution in [2.75, 3.05) is 32.7 Å². The van der Waals surface area contributed by atoms with Gasteiger partial charge in [-0.25, -0.2) is 0 Å². The molecule has 1 heterocycles. The largest absolute Gasteiger partial charge is 0.348 e. The predicted octanol–water partition coefficient (Wildman–Crippen LogP) is 1.68. The zero-order valence-corrected chi connectivity index (χ0v) is 13.8. The molecule has 22 heavy (non-hydrogen) atoms. The van der Waals surface area contributed by atoms with E-state index in [2.05, 4.69) is 10.2 Å². The minimum Gasteiger partial charge on any atom is -0.348 e. The van der Waals surface area contributed by atoms with E-state index < -0.39 is 0 Å². The van der Waals surface area contributed by atoms with Gasteiger partial charge in [0.2, 0.25) is 11.8 Å². The minimum atomic E-state index is -0.0525. The smallest absolute Gasteiger partial charge is 0.234 e. The molecule has 1 aliphatic rings. The molecule has 1 saturated heterocycles. The van der Waals surface area contributed by atoms with Crippen LogP contribution in [-0.2, 0) is 9.59 Å². The molecule has 1 aromatic carbocycles. The molecule has 0 saturated carbocycles. The Bertz CT molecular complexity index is 525. The topological polar surface area (TPSA) is 52.7 Å². The van der Waals surface area contributed by atoms with Crippen LogP contribution in [0.4, 0.5) is 0 Å². The SMILES string of the molecule is CC(=O)N1CCN(CC(=O)N[C@H](C)c2ccc(Cl)cc2)CC1. The number of piperazine rings is 1. The fraction of sp³-hybridized carbons (Fsp3) is 0.500. The van der Waals surface area contributed by atoms with Gasteiger partial charge in [-0.05, 0) is 24.6 Å². The first kappa shape index (κ1) is 16.8. The summed E-state index contributed by atoms with van der Waals surface area (Å²) in [5.41, 5.74) is 1.03. The van der Waals surface area contributed by atoms with Gasteiger partial charge in [0.25, 0.3) is 0 Å². The number of hydrogen-bond donors (Lipinski definition) is 1. The Balaban J connectivity index is 1.78. The molecule has 2 amide bonds. The highest BCUT2D eigenvalue weighted by Crippen LogP contribution is 2.16. The third-order valence-electron chi connectivity index (χ3n) is 3.93. The van der Waals surface area contributed by atoms with Crippen LogP contribution >= 0.6 is 11.6 Å². The Morgan fingerprint density at radius 2 is 1.77 bits per heavy atom. The van der Waals surface area contributed by atoms with Gasteiger partial charge in [0.1, 0.15) is 0 Å². The van der Waals surface area contributed by atoms with E-state index in [4.69, 9.17) is 11.6 Å². The van der Waals surface area contributed by atoms with Crippen LogP contribution in [0.5, 0.6) is 0 Å². The van der Waals surface area contributed by atoms with Crippen LogP contribution in [0.15, 0.2) is 24.3 Å². The molecule has 1 aromatic rings. The van der Waals surface area contributed by atoms with Gasteiger partial charge in [0.15, 0.2) is 0 Å². The summed E-state index contributed by atoms with van der Waals surface area (Å²) in [6, 6.07) is 7.42. The molecule has 0 unspecified atom stereocenters. The molecule has 0 aliphatic carbocycles. The zero-order valence-electron chi connectivity index (χ0n) is 13.0. The van der Waals surface area contributed by atoms with Crippen molar-refractivity contribution in [3.05, 3.63) is 34.9 Å². The van der Waals surface area contributed by atoms with Crippen LogP contribution < -0.4 is 5.32 Å². The number of carbonyl (C=O) groups is 2. The summed E-state index contributed by atoms with van der Waals surface area (Å²) in [7, 11) is 0. The van der Waals surface area contributed by atoms with Crippen LogP contribution in [0.1, 0.15) is 25.5 Å². The summed E-state index contributed by atoms with van der Waals surface area (Å²) in [5.74, 6) is 0.0965. The molecule has 0 bridgehead atoms. The molecule has 1 atom stereocenters. The van der Waals surface area contributed by atoms with Crippen LogP contribution in [0.25, 0.3) is 0 Å². The van der Waals surface area contributed by atoms with Crippen molar-refractivity contribution in [3.63, 3.8) is 0 Å². The Morgan fingerprint density at radius 3 is 2.32 bits per heavy atom. The zero-order chi connectivity index (χ0) is 16.1. The first-order valence-electron chi connectivity index (χ1n) is 7.48. The molecule has 0 spiro atoms. The highest BCUT2D eigenvalue weighted by Gasteiger charge is 2.20. The van der Waals surface area contributed by atoms with E-state index in [1.54, 1.807) is 6.92 Å². The predicted molar refractivity (Wildman–Crippen MR) is 86.7 cm³/mol. The second kappa shape index (κ2) is 7.61. The molecule has 6 heteroatoms. The summed E-state index contributed by atoms with van der Waals surface area (Å²) < 4.78 is 0. The number of amides is 2. The molecular formula is C16H22ClN3O2. The maximum Gasteiger partial charge on any atom is 0.234 e. The quantitative estimate of drug-likeness (QED) is 0.917. The highest BCUT2D eigenvalue weighted by atomic mass is 35.5. The van der Waals surface area contributed by atoms with Crippen molar-refractivity contribution in [2.24, 2.45) is 0 Å². The van der Waals surface area contributed by atoms with Gasteiger partial charge in [-0.3, -0.25) is 14.5 Å². The third-order valence-corrected chi connectivity index (χ3v) is 4.18. The van der Waals surface area contributed by atoms with Crippen molar-refractivity contribution in [1.29, 1.82) is 0 Å². The van der Waals surface area contributed by atoms with Gasteiger partial charge in [0.05, 0.1) is 12.6 Å². The second-order valence-corrected chi connectivity index (χ2v) is 6.06. The maximum atomic E-state index is 12.1. The second-order valence-electron chi connectivity index (χ2n) is 5.62. The van der Waals surface area contributed by atoms with Gasteiger partial charge < -0.3 is 10.2 Å². The van der Waals surface area contributed by atoms with Crippen molar-refractivity contribution in [2.45, 2.75) is 19.9 Å². The number of rotatable bonds is 4. The van der Waals surface area contributed by atoms with Crippen LogP contribution in [-0.4, -0.2) is 54.3 Å². The normalized spacial score (nSPS) is 17.1. The molecule has 120 valence electrons. The van der Waals surface area contributed by atoms with E-state index in [1.807, 2.05) is 36.1 Å². The summed E-state index contributed by atoms with van der Waals surface area (Å²) in [4.78, 5) is 27.3. The van der Waals surface area contributed by atoms with Crippen molar-refractivity contribution in [1.82, 2.24) is 15.1 Å². The van der Waals surface area contributed by atoms with E-state index in [1.165, 1.54) is 0 Å². The number of benzene rings is 1. The van der Waals surface area contributed by atoms with E-state index in [0.717, 1.165) is 18.7 Å². The molecular weight excluding hydrogens is 302 g/mol. The molecule has 1 N–H and O–H groups in total. The van der Waals surface area contributed by atoms with Gasteiger partial charge >= 0.3 is 0 Å². The number of carbonyl (C=O) groups excluding carboxylic acids is 2. The third kappa shape index (κ3) is 4.71. The van der Waals surface area contributed by atoms with E-state index >= 15 is 0 Å². The summed E-state index contributed by atoms with van der Waals surface area (Å²) in [6.07, 6.45) is 0. The lowest BCUT2D eigenvalue weighted by Gasteiger charge is -2.33. The Kier molecular flexibility index (Phi) is 5.80. The number of hydrogen-bond acceptors (Lipinski definition) is 3. The van der Waals surface area contributed by atoms with Crippen molar-refractivity contribution < 1.29 is 9.59 Å². The Labute approximate surface area is 136 Å². The van der Waals surface area contributed by atoms with Crippen molar-refractivity contribution in [3.8, 4) is 0 Å². The van der Waals surface area contributed by atoms with E-state index in [0.29, 0.717) is 24.7 Å². The van der Waals surface area contributed by atoms with Gasteiger partial charge in [-0.15, -0.1) is 0 Å². The van der Waals surface area contributed by atoms with Crippen LogP contribution in [0, 0.1) is 0 Å². The molecule has 1 aliphatic heterocycles. The summed E-state index contributed by atoms with van der Waals surface area (Å²) >= 11 is 5.86. The standard InChI is InChI=1S/C16H22ClN3O2/c1-12(14-3-5-15(17)6-4-14)18-16(22)11-19-7-9-20(10-8-19)13(2)21/h3-6,12H,7-11H2,1-2H3,(H,18,22)/t12-/m1/s1. The van der Waals surface area contributed by atoms with E-state index in [-0.39, 0.29) is 17.9 Å². The molecule has 0 aromatic heterocycles. The van der Waals surface area contributed by atoms with Crippen molar-refractivity contribution >= 4 is 23.4 Å². The van der Waals surface area contributed by atoms with Crippen LogP contribution in [0.3, 0.4) is 0 Å². The van der Waals surface area contributed by atoms with Gasteiger partial charge in [-0.1, -0.05) is 23.7 Å². The summed E-state index contributed by atoms with van der Waals surface area (Å²) in [5, 5.41) is 3.68. The first-order chi connectivity index (χ1) is 10.5. The number of nitrogens with zero attached hydrogens (tertiary/aromatic N) is 2. The highest BCUT2D eigenvalue weighted by molar-refractivity contribution is 6.30. The lowest BCUT2D eigenvalue weighted by atomic mass is 10.1. The molecule has 5 nitrogen and oxygen atoms in total. The molecule has 2 rings (SSSR count). The number of halogens is 1. The fourth-order valence-corrected chi connectivity index (χ4v) is 2.67. The average Bonchev–Trinajstić information content (AvgIpc) is 2.48. The lowest BCUT2D eigenvalue weighted by molar-refractivity contribution is -0.131.